The molecule has 122 valence electrons. The number of hydrogen-bond donors (Lipinski definition) is 3. The fraction of sp³-hybridized carbons (Fsp3) is 0.235. The quantitative estimate of drug-likeness (QED) is 0.685. The Morgan fingerprint density at radius 1 is 1.29 bits per heavy atom. The van der Waals surface area contributed by atoms with Gasteiger partial charge in [0.2, 0.25) is 0 Å². The molecule has 0 saturated carbocycles. The van der Waals surface area contributed by atoms with Crippen molar-refractivity contribution in [3.8, 4) is 17.0 Å². The molecule has 0 aliphatic carbocycles. The van der Waals surface area contributed by atoms with Crippen molar-refractivity contribution in [3.63, 3.8) is 0 Å². The maximum atomic E-state index is 12.7. The van der Waals surface area contributed by atoms with Gasteiger partial charge in [0.05, 0.1) is 16.6 Å². The number of aryl methyl sites for hydroxylation is 1. The molecule has 7 heteroatoms. The summed E-state index contributed by atoms with van der Waals surface area (Å²) < 4.78 is 0. The molecule has 0 radical (unpaired) electrons. The summed E-state index contributed by atoms with van der Waals surface area (Å²) in [6, 6.07) is 8.49. The van der Waals surface area contributed by atoms with Crippen molar-refractivity contribution < 1.29 is 9.90 Å². The largest absolute Gasteiger partial charge is 0.508 e. The average molecular weight is 323 g/mol. The summed E-state index contributed by atoms with van der Waals surface area (Å²) in [4.78, 5) is 17.2. The van der Waals surface area contributed by atoms with Crippen molar-refractivity contribution in [2.75, 3.05) is 13.1 Å². The summed E-state index contributed by atoms with van der Waals surface area (Å²) in [5.41, 5.74) is 6.23. The number of carbonyl (C=O) groups excluding carboxylic acids is 1. The van der Waals surface area contributed by atoms with Gasteiger partial charge in [0.15, 0.2) is 5.65 Å². The van der Waals surface area contributed by atoms with Crippen molar-refractivity contribution in [2.24, 2.45) is 0 Å². The van der Waals surface area contributed by atoms with Crippen molar-refractivity contribution >= 4 is 16.9 Å². The van der Waals surface area contributed by atoms with Crippen molar-refractivity contribution in [3.05, 3.63) is 41.6 Å². The van der Waals surface area contributed by atoms with E-state index in [1.807, 2.05) is 11.9 Å². The number of nitrogens with one attached hydrogen (secondary N) is 2. The predicted molar refractivity (Wildman–Crippen MR) is 89.4 cm³/mol. The van der Waals surface area contributed by atoms with Crippen LogP contribution < -0.4 is 5.43 Å². The number of H-pyrrole nitrogens is 1. The van der Waals surface area contributed by atoms with E-state index in [0.717, 1.165) is 36.2 Å². The molecule has 1 aromatic carbocycles. The Labute approximate surface area is 138 Å². The van der Waals surface area contributed by atoms with Gasteiger partial charge in [-0.3, -0.25) is 15.3 Å². The first-order chi connectivity index (χ1) is 11.6. The lowest BCUT2D eigenvalue weighted by atomic mass is 10.0. The Kier molecular flexibility index (Phi) is 3.42. The Hall–Kier alpha value is -2.93. The van der Waals surface area contributed by atoms with Crippen molar-refractivity contribution in [1.29, 1.82) is 0 Å². The molecule has 0 atom stereocenters. The van der Waals surface area contributed by atoms with E-state index in [2.05, 4.69) is 20.6 Å². The lowest BCUT2D eigenvalue weighted by Crippen LogP contribution is -2.50. The molecule has 3 heterocycles. The van der Waals surface area contributed by atoms with Crippen LogP contribution >= 0.6 is 0 Å². The number of nitrogens with zero attached hydrogens (tertiary/aromatic N) is 3. The summed E-state index contributed by atoms with van der Waals surface area (Å²) in [5.74, 6) is 0.0258. The molecule has 1 saturated heterocycles. The highest BCUT2D eigenvalue weighted by atomic mass is 16.3. The first-order valence-electron chi connectivity index (χ1n) is 7.83. The van der Waals surface area contributed by atoms with E-state index < -0.39 is 0 Å². The zero-order chi connectivity index (χ0) is 16.7. The third-order valence-corrected chi connectivity index (χ3v) is 4.23. The maximum Gasteiger partial charge on any atom is 0.266 e. The van der Waals surface area contributed by atoms with E-state index in [1.165, 1.54) is 0 Å². The van der Waals surface area contributed by atoms with E-state index in [9.17, 15) is 9.90 Å². The highest BCUT2D eigenvalue weighted by Crippen LogP contribution is 2.27. The maximum absolute atomic E-state index is 12.7. The zero-order valence-electron chi connectivity index (χ0n) is 13.2. The molecule has 4 rings (SSSR count). The molecule has 0 unspecified atom stereocenters. The average Bonchev–Trinajstić information content (AvgIpc) is 2.92. The van der Waals surface area contributed by atoms with Crippen LogP contribution in [0.4, 0.5) is 0 Å². The van der Waals surface area contributed by atoms with Crippen LogP contribution in [0.25, 0.3) is 22.3 Å². The molecular weight excluding hydrogens is 306 g/mol. The number of phenols is 1. The van der Waals surface area contributed by atoms with Crippen molar-refractivity contribution in [1.82, 2.24) is 25.6 Å². The molecule has 0 spiro atoms. The van der Waals surface area contributed by atoms with Crippen LogP contribution in [0.3, 0.4) is 0 Å². The number of benzene rings is 1. The SMILES string of the molecule is Cc1[nH]nc2nc(-c3ccc(O)cc3)cc(C(=O)NN3CCC3)c12. The topological polar surface area (TPSA) is 94.1 Å². The Morgan fingerprint density at radius 2 is 2.04 bits per heavy atom. The van der Waals surface area contributed by atoms with Gasteiger partial charge >= 0.3 is 0 Å². The van der Waals surface area contributed by atoms with Gasteiger partial charge in [-0.15, -0.1) is 0 Å². The van der Waals surface area contributed by atoms with Gasteiger partial charge in [0.25, 0.3) is 5.91 Å². The molecule has 3 N–H and O–H groups in total. The molecular formula is C17H17N5O2. The van der Waals surface area contributed by atoms with Gasteiger partial charge in [-0.2, -0.15) is 5.10 Å². The summed E-state index contributed by atoms with van der Waals surface area (Å²) in [5, 5.41) is 19.2. The zero-order valence-corrected chi connectivity index (χ0v) is 13.2. The molecule has 24 heavy (non-hydrogen) atoms. The minimum atomic E-state index is -0.161. The van der Waals surface area contributed by atoms with Gasteiger partial charge < -0.3 is 5.11 Å². The normalized spacial score (nSPS) is 14.5. The highest BCUT2D eigenvalue weighted by Gasteiger charge is 2.21. The molecule has 1 fully saturated rings. The summed E-state index contributed by atoms with van der Waals surface area (Å²) in [6.45, 7) is 3.61. The van der Waals surface area contributed by atoms with Crippen LogP contribution in [0.1, 0.15) is 22.5 Å². The third-order valence-electron chi connectivity index (χ3n) is 4.23. The number of carbonyl (C=O) groups is 1. The fourth-order valence-corrected chi connectivity index (χ4v) is 2.77. The molecule has 1 aliphatic rings. The van der Waals surface area contributed by atoms with Crippen molar-refractivity contribution in [2.45, 2.75) is 13.3 Å². The van der Waals surface area contributed by atoms with Gasteiger partial charge in [0.1, 0.15) is 5.75 Å². The molecule has 2 aromatic heterocycles. The van der Waals surface area contributed by atoms with Crippen LogP contribution in [-0.2, 0) is 0 Å². The molecule has 1 amide bonds. The Morgan fingerprint density at radius 3 is 2.71 bits per heavy atom. The molecule has 1 aliphatic heterocycles. The number of amides is 1. The van der Waals surface area contributed by atoms with E-state index in [1.54, 1.807) is 30.3 Å². The summed E-state index contributed by atoms with van der Waals surface area (Å²) in [7, 11) is 0. The number of aromatic nitrogens is 3. The second-order valence-corrected chi connectivity index (χ2v) is 5.93. The standard InChI is InChI=1S/C17H17N5O2/c1-10-15-13(17(24)21-22-7-2-8-22)9-14(18-16(15)20-19-10)11-3-5-12(23)6-4-11/h3-6,9,23H,2,7-8H2,1H3,(H,21,24)(H,18,19,20). The second kappa shape index (κ2) is 5.61. The minimum Gasteiger partial charge on any atom is -0.508 e. The monoisotopic (exact) mass is 323 g/mol. The van der Waals surface area contributed by atoms with Crippen LogP contribution in [0, 0.1) is 6.92 Å². The number of hydrogen-bond acceptors (Lipinski definition) is 5. The van der Waals surface area contributed by atoms with Crippen LogP contribution in [0.5, 0.6) is 5.75 Å². The third kappa shape index (κ3) is 2.48. The smallest absolute Gasteiger partial charge is 0.266 e. The second-order valence-electron chi connectivity index (χ2n) is 5.93. The first-order valence-corrected chi connectivity index (χ1v) is 7.83. The number of rotatable bonds is 3. The Balaban J connectivity index is 1.81. The highest BCUT2D eigenvalue weighted by molar-refractivity contribution is 6.07. The van der Waals surface area contributed by atoms with Gasteiger partial charge in [-0.1, -0.05) is 0 Å². The van der Waals surface area contributed by atoms with E-state index in [4.69, 9.17) is 0 Å². The molecule has 3 aromatic rings. The van der Waals surface area contributed by atoms with Crippen LogP contribution in [0.15, 0.2) is 30.3 Å². The van der Waals surface area contributed by atoms with Gasteiger partial charge in [-0.05, 0) is 43.7 Å². The minimum absolute atomic E-state index is 0.161. The van der Waals surface area contributed by atoms with Crippen LogP contribution in [0.2, 0.25) is 0 Å². The Bertz CT molecular complexity index is 913. The number of fused-ring (bicyclic) bond motifs is 1. The summed E-state index contributed by atoms with van der Waals surface area (Å²) >= 11 is 0. The predicted octanol–water partition coefficient (Wildman–Crippen LogP) is 1.99. The number of phenolic OH excluding ortho intramolecular Hbond substituents is 1. The molecule has 0 bridgehead atoms. The number of pyridine rings is 1. The van der Waals surface area contributed by atoms with Crippen LogP contribution in [-0.4, -0.2) is 44.3 Å². The lowest BCUT2D eigenvalue weighted by molar-refractivity contribution is 0.0644. The number of aromatic amines is 1. The van der Waals surface area contributed by atoms with E-state index >= 15 is 0 Å². The van der Waals surface area contributed by atoms with E-state index in [0.29, 0.717) is 16.9 Å². The number of aromatic hydroxyl groups is 1. The van der Waals surface area contributed by atoms with Gasteiger partial charge in [-0.25, -0.2) is 9.99 Å². The number of hydrazine groups is 1. The lowest BCUT2D eigenvalue weighted by Gasteiger charge is -2.30. The fourth-order valence-electron chi connectivity index (χ4n) is 2.77. The summed E-state index contributed by atoms with van der Waals surface area (Å²) in [6.07, 6.45) is 1.09. The first kappa shape index (κ1) is 14.6. The van der Waals surface area contributed by atoms with Gasteiger partial charge in [0, 0.05) is 24.3 Å². The van der Waals surface area contributed by atoms with E-state index in [-0.39, 0.29) is 11.7 Å². The molecule has 7 nitrogen and oxygen atoms in total.